The maximum absolute atomic E-state index is 5.93. The highest BCUT2D eigenvalue weighted by atomic mass is 79.9. The van der Waals surface area contributed by atoms with E-state index in [0.29, 0.717) is 0 Å². The topological polar surface area (TPSA) is 39.2 Å². The third-order valence-corrected chi connectivity index (χ3v) is 2.67. The van der Waals surface area contributed by atoms with Gasteiger partial charge in [-0.2, -0.15) is 0 Å². The number of rotatable bonds is 3. The molecule has 0 amide bonds. The van der Waals surface area contributed by atoms with Crippen molar-refractivity contribution in [3.8, 4) is 0 Å². The van der Waals surface area contributed by atoms with E-state index in [9.17, 15) is 0 Å². The first-order valence-corrected chi connectivity index (χ1v) is 5.06. The molecule has 2 rings (SSSR count). The van der Waals surface area contributed by atoms with Gasteiger partial charge in [-0.15, -0.1) is 12.4 Å². The van der Waals surface area contributed by atoms with Gasteiger partial charge in [0.1, 0.15) is 5.76 Å². The van der Waals surface area contributed by atoms with E-state index >= 15 is 0 Å². The average molecular weight is 267 g/mol. The van der Waals surface area contributed by atoms with E-state index in [1.165, 1.54) is 12.8 Å². The van der Waals surface area contributed by atoms with Gasteiger partial charge < -0.3 is 10.2 Å². The lowest BCUT2D eigenvalue weighted by Crippen LogP contribution is -2.09. The molecule has 0 radical (unpaired) electrons. The maximum Gasteiger partial charge on any atom is 0.169 e. The monoisotopic (exact) mass is 265 g/mol. The van der Waals surface area contributed by atoms with Gasteiger partial charge in [-0.1, -0.05) is 12.8 Å². The van der Waals surface area contributed by atoms with Crippen molar-refractivity contribution in [3.05, 3.63) is 22.6 Å². The van der Waals surface area contributed by atoms with Gasteiger partial charge in [0.05, 0.1) is 6.04 Å². The summed E-state index contributed by atoms with van der Waals surface area (Å²) in [4.78, 5) is 0. The molecule has 0 aromatic carbocycles. The third kappa shape index (κ3) is 3.01. The minimum atomic E-state index is 0. The Hall–Kier alpha value is 0.01000. The number of nitrogens with two attached hydrogens (primary N) is 1. The number of hydrogen-bond donors (Lipinski definition) is 1. The van der Waals surface area contributed by atoms with Crippen molar-refractivity contribution in [2.45, 2.75) is 25.3 Å². The van der Waals surface area contributed by atoms with Crippen LogP contribution < -0.4 is 5.73 Å². The Balaban J connectivity index is 0.000000845. The first-order valence-electron chi connectivity index (χ1n) is 4.26. The number of furan rings is 1. The number of halogens is 2. The lowest BCUT2D eigenvalue weighted by Gasteiger charge is -2.06. The first kappa shape index (κ1) is 11.1. The molecule has 0 spiro atoms. The Bertz CT molecular complexity index is 272. The fraction of sp³-hybridized carbons (Fsp3) is 0.556. The van der Waals surface area contributed by atoms with Crippen molar-refractivity contribution in [1.29, 1.82) is 0 Å². The Morgan fingerprint density at radius 3 is 2.69 bits per heavy atom. The zero-order valence-corrected chi connectivity index (χ0v) is 9.61. The predicted molar refractivity (Wildman–Crippen MR) is 57.9 cm³/mol. The SMILES string of the molecule is Cl.N[C@H](CC1CC1)c1ccc(Br)o1. The van der Waals surface area contributed by atoms with Crippen molar-refractivity contribution in [2.75, 3.05) is 0 Å². The number of hydrogen-bond acceptors (Lipinski definition) is 2. The zero-order valence-electron chi connectivity index (χ0n) is 7.20. The van der Waals surface area contributed by atoms with Gasteiger partial charge >= 0.3 is 0 Å². The molecular weight excluding hydrogens is 253 g/mol. The molecule has 1 fully saturated rings. The van der Waals surface area contributed by atoms with E-state index in [-0.39, 0.29) is 18.4 Å². The molecule has 0 saturated heterocycles. The smallest absolute Gasteiger partial charge is 0.169 e. The van der Waals surface area contributed by atoms with Crippen molar-refractivity contribution in [1.82, 2.24) is 0 Å². The van der Waals surface area contributed by atoms with E-state index < -0.39 is 0 Å². The van der Waals surface area contributed by atoms with Crippen LogP contribution in [0.4, 0.5) is 0 Å². The molecule has 1 heterocycles. The average Bonchev–Trinajstić information content (AvgIpc) is 2.72. The van der Waals surface area contributed by atoms with Crippen LogP contribution in [-0.2, 0) is 0 Å². The summed E-state index contributed by atoms with van der Waals surface area (Å²) in [5.41, 5.74) is 5.93. The minimum absolute atomic E-state index is 0. The molecule has 0 aliphatic heterocycles. The Morgan fingerprint density at radius 2 is 2.23 bits per heavy atom. The molecule has 0 bridgehead atoms. The van der Waals surface area contributed by atoms with Crippen LogP contribution >= 0.6 is 28.3 Å². The van der Waals surface area contributed by atoms with Crippen LogP contribution in [0.15, 0.2) is 21.2 Å². The van der Waals surface area contributed by atoms with Crippen LogP contribution in [0.25, 0.3) is 0 Å². The van der Waals surface area contributed by atoms with E-state index in [1.54, 1.807) is 0 Å². The summed E-state index contributed by atoms with van der Waals surface area (Å²) in [5.74, 6) is 1.75. The molecule has 2 nitrogen and oxygen atoms in total. The van der Waals surface area contributed by atoms with Gasteiger partial charge in [-0.25, -0.2) is 0 Å². The molecule has 0 unspecified atom stereocenters. The molecule has 1 aliphatic rings. The van der Waals surface area contributed by atoms with Crippen molar-refractivity contribution < 1.29 is 4.42 Å². The Labute approximate surface area is 92.4 Å². The highest BCUT2D eigenvalue weighted by molar-refractivity contribution is 9.10. The molecule has 2 N–H and O–H groups in total. The van der Waals surface area contributed by atoms with Crippen LogP contribution in [0.3, 0.4) is 0 Å². The van der Waals surface area contributed by atoms with Crippen LogP contribution in [0.5, 0.6) is 0 Å². The van der Waals surface area contributed by atoms with Gasteiger partial charge in [0.2, 0.25) is 0 Å². The minimum Gasteiger partial charge on any atom is -0.453 e. The predicted octanol–water partition coefficient (Wildman–Crippen LogP) is 3.26. The molecular formula is C9H13BrClNO. The normalized spacial score (nSPS) is 18.0. The van der Waals surface area contributed by atoms with Crippen LogP contribution in [0, 0.1) is 5.92 Å². The second-order valence-corrected chi connectivity index (χ2v) is 4.21. The molecule has 1 aliphatic carbocycles. The molecule has 4 heteroatoms. The quantitative estimate of drug-likeness (QED) is 0.912. The van der Waals surface area contributed by atoms with Crippen molar-refractivity contribution >= 4 is 28.3 Å². The summed E-state index contributed by atoms with van der Waals surface area (Å²) in [6, 6.07) is 3.92. The van der Waals surface area contributed by atoms with Gasteiger partial charge in [0, 0.05) is 0 Å². The second kappa shape index (κ2) is 4.49. The van der Waals surface area contributed by atoms with E-state index in [0.717, 1.165) is 22.8 Å². The van der Waals surface area contributed by atoms with Crippen molar-refractivity contribution in [2.24, 2.45) is 11.7 Å². The molecule has 1 aromatic heterocycles. The lowest BCUT2D eigenvalue weighted by atomic mass is 10.1. The molecule has 74 valence electrons. The third-order valence-electron chi connectivity index (χ3n) is 2.24. The second-order valence-electron chi connectivity index (χ2n) is 3.43. The first-order chi connectivity index (χ1) is 5.75. The largest absolute Gasteiger partial charge is 0.453 e. The van der Waals surface area contributed by atoms with E-state index in [4.69, 9.17) is 10.2 Å². The Kier molecular flexibility index (Phi) is 3.83. The van der Waals surface area contributed by atoms with Crippen LogP contribution in [0.2, 0.25) is 0 Å². The maximum atomic E-state index is 5.93. The van der Waals surface area contributed by atoms with Crippen LogP contribution in [0.1, 0.15) is 31.1 Å². The summed E-state index contributed by atoms with van der Waals surface area (Å²) in [7, 11) is 0. The van der Waals surface area contributed by atoms with Gasteiger partial charge in [-0.3, -0.25) is 0 Å². The molecule has 1 atom stereocenters. The summed E-state index contributed by atoms with van der Waals surface area (Å²) in [6.07, 6.45) is 3.76. The summed E-state index contributed by atoms with van der Waals surface area (Å²) in [6.45, 7) is 0. The van der Waals surface area contributed by atoms with Gasteiger partial charge in [-0.05, 0) is 40.4 Å². The van der Waals surface area contributed by atoms with Crippen LogP contribution in [-0.4, -0.2) is 0 Å². The molecule has 1 saturated carbocycles. The Morgan fingerprint density at radius 1 is 1.54 bits per heavy atom. The van der Waals surface area contributed by atoms with Gasteiger partial charge in [0.25, 0.3) is 0 Å². The lowest BCUT2D eigenvalue weighted by molar-refractivity contribution is 0.427. The highest BCUT2D eigenvalue weighted by Crippen LogP contribution is 2.37. The summed E-state index contributed by atoms with van der Waals surface area (Å²) in [5, 5.41) is 0. The molecule has 13 heavy (non-hydrogen) atoms. The fourth-order valence-corrected chi connectivity index (χ4v) is 1.68. The van der Waals surface area contributed by atoms with Crippen molar-refractivity contribution in [3.63, 3.8) is 0 Å². The zero-order chi connectivity index (χ0) is 8.55. The van der Waals surface area contributed by atoms with E-state index in [2.05, 4.69) is 15.9 Å². The van der Waals surface area contributed by atoms with E-state index in [1.807, 2.05) is 12.1 Å². The highest BCUT2D eigenvalue weighted by Gasteiger charge is 2.25. The standard InChI is InChI=1S/C9H12BrNO.ClH/c10-9-4-3-8(12-9)7(11)5-6-1-2-6;/h3-4,6-7H,1-2,5,11H2;1H/t7-;/m1./s1. The fourth-order valence-electron chi connectivity index (χ4n) is 1.36. The summed E-state index contributed by atoms with van der Waals surface area (Å²) < 4.78 is 6.13. The van der Waals surface area contributed by atoms with Gasteiger partial charge in [0.15, 0.2) is 4.67 Å². The molecule has 1 aromatic rings. The summed E-state index contributed by atoms with van der Waals surface area (Å²) >= 11 is 3.26.